The summed E-state index contributed by atoms with van der Waals surface area (Å²) in [6.45, 7) is 7.85. The molecule has 2 aromatic carbocycles. The van der Waals surface area contributed by atoms with Gasteiger partial charge in [-0.15, -0.1) is 0 Å². The molecular weight excluding hydrogens is 592 g/mol. The molecule has 1 aliphatic carbocycles. The number of unbranched alkanes of at least 4 members (excludes halogenated alkanes) is 5. The molecule has 0 unspecified atom stereocenters. The first-order chi connectivity index (χ1) is 22.7. The SMILES string of the molecule is CCCCCCCCOc1ccc(C(=O)OC2=C(C)C(C)=C(OC(=O)c3ccc(OCC[n+]4ccc(N(C)C)cc4)cc3)CC2)cc1. The Labute approximate surface area is 279 Å². The molecule has 1 aliphatic rings. The molecule has 0 aliphatic heterocycles. The number of hydrogen-bond acceptors (Lipinski definition) is 7. The summed E-state index contributed by atoms with van der Waals surface area (Å²) in [5, 5.41) is 0. The van der Waals surface area contributed by atoms with Crippen molar-refractivity contribution in [3.63, 3.8) is 0 Å². The highest BCUT2D eigenvalue weighted by molar-refractivity contribution is 5.91. The molecule has 47 heavy (non-hydrogen) atoms. The van der Waals surface area contributed by atoms with Crippen LogP contribution in [0.15, 0.2) is 95.7 Å². The van der Waals surface area contributed by atoms with Crippen LogP contribution >= 0.6 is 0 Å². The van der Waals surface area contributed by atoms with Crippen LogP contribution in [0.25, 0.3) is 0 Å². The third kappa shape index (κ3) is 10.7. The van der Waals surface area contributed by atoms with Gasteiger partial charge in [0, 0.05) is 44.8 Å². The van der Waals surface area contributed by atoms with Crippen molar-refractivity contribution in [2.24, 2.45) is 0 Å². The van der Waals surface area contributed by atoms with E-state index in [0.29, 0.717) is 61.0 Å². The van der Waals surface area contributed by atoms with E-state index >= 15 is 0 Å². The molecule has 0 amide bonds. The maximum Gasteiger partial charge on any atom is 0.343 e. The summed E-state index contributed by atoms with van der Waals surface area (Å²) in [6.07, 6.45) is 12.2. The van der Waals surface area contributed by atoms with Crippen LogP contribution in [0.4, 0.5) is 5.69 Å². The molecule has 0 saturated heterocycles. The van der Waals surface area contributed by atoms with Crippen molar-refractivity contribution in [1.29, 1.82) is 0 Å². The molecule has 250 valence electrons. The van der Waals surface area contributed by atoms with E-state index in [9.17, 15) is 9.59 Å². The van der Waals surface area contributed by atoms with E-state index in [1.54, 1.807) is 36.4 Å². The highest BCUT2D eigenvalue weighted by atomic mass is 16.5. The van der Waals surface area contributed by atoms with Gasteiger partial charge in [-0.1, -0.05) is 39.0 Å². The Morgan fingerprint density at radius 3 is 1.62 bits per heavy atom. The number of carbonyl (C=O) groups excluding carboxylic acids is 2. The molecule has 8 nitrogen and oxygen atoms in total. The molecule has 0 bridgehead atoms. The van der Waals surface area contributed by atoms with Gasteiger partial charge in [-0.05, 0) is 79.9 Å². The second kappa shape index (κ2) is 17.9. The Balaban J connectivity index is 1.24. The number of aromatic nitrogens is 1. The molecule has 1 heterocycles. The lowest BCUT2D eigenvalue weighted by atomic mass is 9.97. The molecule has 4 rings (SSSR count). The zero-order valence-electron chi connectivity index (χ0n) is 28.6. The maximum atomic E-state index is 12.9. The number of rotatable bonds is 17. The van der Waals surface area contributed by atoms with E-state index in [0.717, 1.165) is 29.0 Å². The Morgan fingerprint density at radius 2 is 1.13 bits per heavy atom. The van der Waals surface area contributed by atoms with E-state index in [2.05, 4.69) is 28.5 Å². The van der Waals surface area contributed by atoms with E-state index in [1.807, 2.05) is 52.5 Å². The Kier molecular flexibility index (Phi) is 13.5. The summed E-state index contributed by atoms with van der Waals surface area (Å²) < 4.78 is 25.3. The van der Waals surface area contributed by atoms with Crippen molar-refractivity contribution in [3.8, 4) is 11.5 Å². The van der Waals surface area contributed by atoms with E-state index in [4.69, 9.17) is 18.9 Å². The monoisotopic (exact) mass is 641 g/mol. The predicted octanol–water partition coefficient (Wildman–Crippen LogP) is 8.21. The first-order valence-corrected chi connectivity index (χ1v) is 16.7. The second-order valence-electron chi connectivity index (χ2n) is 12.1. The minimum Gasteiger partial charge on any atom is -0.494 e. The smallest absolute Gasteiger partial charge is 0.343 e. The second-order valence-corrected chi connectivity index (χ2v) is 12.1. The Hall–Kier alpha value is -4.59. The highest BCUT2D eigenvalue weighted by Crippen LogP contribution is 2.32. The van der Waals surface area contributed by atoms with Crippen molar-refractivity contribution >= 4 is 17.6 Å². The van der Waals surface area contributed by atoms with Crippen LogP contribution in [-0.2, 0) is 16.0 Å². The number of allylic oxidation sites excluding steroid dienone is 4. The lowest BCUT2D eigenvalue weighted by Crippen LogP contribution is -2.35. The number of nitrogens with zero attached hydrogens (tertiary/aromatic N) is 2. The lowest BCUT2D eigenvalue weighted by Gasteiger charge is -2.22. The maximum absolute atomic E-state index is 12.9. The normalized spacial score (nSPS) is 13.0. The van der Waals surface area contributed by atoms with Gasteiger partial charge in [-0.25, -0.2) is 14.2 Å². The van der Waals surface area contributed by atoms with Gasteiger partial charge < -0.3 is 23.8 Å². The van der Waals surface area contributed by atoms with Gasteiger partial charge in [-0.2, -0.15) is 0 Å². The first kappa shape index (κ1) is 35.3. The van der Waals surface area contributed by atoms with Crippen molar-refractivity contribution in [3.05, 3.63) is 107 Å². The minimum atomic E-state index is -0.436. The van der Waals surface area contributed by atoms with Crippen LogP contribution in [0.3, 0.4) is 0 Å². The number of pyridine rings is 1. The summed E-state index contributed by atoms with van der Waals surface area (Å²) in [5.41, 5.74) is 3.62. The molecule has 0 fully saturated rings. The fourth-order valence-corrected chi connectivity index (χ4v) is 5.23. The summed E-state index contributed by atoms with van der Waals surface area (Å²) in [7, 11) is 4.02. The molecule has 0 saturated carbocycles. The molecular formula is C39H49N2O6+. The average molecular weight is 642 g/mol. The number of benzene rings is 2. The standard InChI is InChI=1S/C39H49N2O6/c1-6-7-8-9-10-11-27-44-34-16-12-31(13-17-34)38(42)46-36-20-21-37(30(3)29(36)2)47-39(43)32-14-18-35(19-15-32)45-28-26-41-24-22-33(23-25-41)40(4)5/h12-19,22-25H,6-11,20-21,26-28H2,1-5H3/q+1. The third-order valence-corrected chi connectivity index (χ3v) is 8.36. The van der Waals surface area contributed by atoms with Gasteiger partial charge in [0.1, 0.15) is 29.6 Å². The zero-order valence-corrected chi connectivity index (χ0v) is 28.6. The molecule has 0 radical (unpaired) electrons. The largest absolute Gasteiger partial charge is 0.494 e. The molecule has 8 heteroatoms. The van der Waals surface area contributed by atoms with Crippen molar-refractivity contribution in [1.82, 2.24) is 0 Å². The van der Waals surface area contributed by atoms with E-state index < -0.39 is 11.9 Å². The van der Waals surface area contributed by atoms with Crippen LogP contribution in [0, 0.1) is 0 Å². The number of hydrogen-bond donors (Lipinski definition) is 0. The predicted molar refractivity (Wildman–Crippen MR) is 184 cm³/mol. The summed E-state index contributed by atoms with van der Waals surface area (Å²) in [5.74, 6) is 1.74. The summed E-state index contributed by atoms with van der Waals surface area (Å²) >= 11 is 0. The lowest BCUT2D eigenvalue weighted by molar-refractivity contribution is -0.697. The topological polar surface area (TPSA) is 78.2 Å². The van der Waals surface area contributed by atoms with Crippen LogP contribution in [0.1, 0.15) is 92.9 Å². The molecule has 3 aromatic rings. The molecule has 0 N–H and O–H groups in total. The van der Waals surface area contributed by atoms with Crippen LogP contribution in [0.5, 0.6) is 11.5 Å². The van der Waals surface area contributed by atoms with Gasteiger partial charge in [0.2, 0.25) is 0 Å². The third-order valence-electron chi connectivity index (χ3n) is 8.36. The fourth-order valence-electron chi connectivity index (χ4n) is 5.23. The number of anilines is 1. The van der Waals surface area contributed by atoms with Crippen LogP contribution < -0.4 is 18.9 Å². The van der Waals surface area contributed by atoms with Crippen molar-refractivity contribution < 1.29 is 33.1 Å². The summed E-state index contributed by atoms with van der Waals surface area (Å²) in [4.78, 5) is 27.9. The summed E-state index contributed by atoms with van der Waals surface area (Å²) in [6, 6.07) is 18.1. The quantitative estimate of drug-likeness (QED) is 0.0835. The molecule has 1 aromatic heterocycles. The van der Waals surface area contributed by atoms with Crippen molar-refractivity contribution in [2.75, 3.05) is 32.2 Å². The van der Waals surface area contributed by atoms with Gasteiger partial charge in [0.15, 0.2) is 18.9 Å². The van der Waals surface area contributed by atoms with Gasteiger partial charge >= 0.3 is 11.9 Å². The van der Waals surface area contributed by atoms with Crippen LogP contribution in [-0.4, -0.2) is 39.2 Å². The van der Waals surface area contributed by atoms with Gasteiger partial charge in [-0.3, -0.25) is 0 Å². The number of esters is 2. The van der Waals surface area contributed by atoms with Gasteiger partial charge in [0.25, 0.3) is 0 Å². The highest BCUT2D eigenvalue weighted by Gasteiger charge is 2.23. The van der Waals surface area contributed by atoms with Crippen molar-refractivity contribution in [2.45, 2.75) is 78.7 Å². The van der Waals surface area contributed by atoms with Gasteiger partial charge in [0.05, 0.1) is 17.7 Å². The first-order valence-electron chi connectivity index (χ1n) is 16.7. The fraction of sp³-hybridized carbons (Fsp3) is 0.410. The van der Waals surface area contributed by atoms with E-state index in [1.165, 1.54) is 32.1 Å². The molecule has 0 spiro atoms. The Bertz CT molecular complexity index is 1520. The Morgan fingerprint density at radius 1 is 0.660 bits per heavy atom. The van der Waals surface area contributed by atoms with E-state index in [-0.39, 0.29) is 0 Å². The average Bonchev–Trinajstić information content (AvgIpc) is 3.08. The minimum absolute atomic E-state index is 0.418. The van der Waals surface area contributed by atoms with Crippen LogP contribution in [0.2, 0.25) is 0 Å². The molecule has 0 atom stereocenters. The number of carbonyl (C=O) groups is 2. The zero-order chi connectivity index (χ0) is 33.6. The number of ether oxygens (including phenoxy) is 4.